The van der Waals surface area contributed by atoms with Crippen LogP contribution in [0.3, 0.4) is 0 Å². The van der Waals surface area contributed by atoms with E-state index in [1.165, 1.54) is 12.8 Å². The van der Waals surface area contributed by atoms with Gasteiger partial charge in [0.2, 0.25) is 5.91 Å². The lowest BCUT2D eigenvalue weighted by Gasteiger charge is -2.23. The molecular weight excluding hydrogens is 288 g/mol. The molecule has 0 bridgehead atoms. The molecule has 2 atom stereocenters. The van der Waals surface area contributed by atoms with E-state index >= 15 is 0 Å². The van der Waals surface area contributed by atoms with Crippen LogP contribution in [0.25, 0.3) is 0 Å². The van der Waals surface area contributed by atoms with Crippen molar-refractivity contribution < 1.29 is 13.2 Å². The molecule has 21 heavy (non-hydrogen) atoms. The number of rotatable bonds is 5. The SMILES string of the molecule is C[C@@H](CC(=O)N1CCCCCC1)NC[C@@H]1CCCS1(=O)=O. The Bertz CT molecular complexity index is 442. The molecule has 2 saturated heterocycles. The van der Waals surface area contributed by atoms with E-state index in [1.807, 2.05) is 11.8 Å². The standard InChI is InChI=1S/C15H28N2O3S/c1-13(16-12-14-7-6-10-21(14,19)20)11-15(18)17-8-4-2-3-5-9-17/h13-14,16H,2-12H2,1H3/t13-,14-/m0/s1. The predicted octanol–water partition coefficient (Wildman–Crippen LogP) is 1.33. The highest BCUT2D eigenvalue weighted by atomic mass is 32.2. The molecule has 1 N–H and O–H groups in total. The topological polar surface area (TPSA) is 66.5 Å². The minimum absolute atomic E-state index is 0.0385. The summed E-state index contributed by atoms with van der Waals surface area (Å²) in [5, 5.41) is 2.98. The van der Waals surface area contributed by atoms with Gasteiger partial charge in [-0.25, -0.2) is 8.42 Å². The van der Waals surface area contributed by atoms with Crippen LogP contribution < -0.4 is 5.32 Å². The van der Waals surface area contributed by atoms with Crippen molar-refractivity contribution >= 4 is 15.7 Å². The molecule has 2 rings (SSSR count). The van der Waals surface area contributed by atoms with Crippen molar-refractivity contribution in [3.8, 4) is 0 Å². The Morgan fingerprint density at radius 1 is 1.19 bits per heavy atom. The van der Waals surface area contributed by atoms with Gasteiger partial charge in [0, 0.05) is 32.1 Å². The normalized spacial score (nSPS) is 27.3. The van der Waals surface area contributed by atoms with E-state index in [0.717, 1.165) is 38.8 Å². The molecule has 2 fully saturated rings. The van der Waals surface area contributed by atoms with Gasteiger partial charge in [-0.1, -0.05) is 12.8 Å². The molecule has 0 unspecified atom stereocenters. The van der Waals surface area contributed by atoms with Crippen LogP contribution in [-0.2, 0) is 14.6 Å². The zero-order chi connectivity index (χ0) is 15.3. The number of likely N-dealkylation sites (tertiary alicyclic amines) is 1. The molecule has 0 aliphatic carbocycles. The summed E-state index contributed by atoms with van der Waals surface area (Å²) in [6.07, 6.45) is 6.64. The highest BCUT2D eigenvalue weighted by Gasteiger charge is 2.31. The molecule has 0 aromatic heterocycles. The van der Waals surface area contributed by atoms with Gasteiger partial charge in [0.1, 0.15) is 0 Å². The van der Waals surface area contributed by atoms with Gasteiger partial charge < -0.3 is 10.2 Å². The van der Waals surface area contributed by atoms with Crippen LogP contribution in [0.5, 0.6) is 0 Å². The molecule has 6 heteroatoms. The van der Waals surface area contributed by atoms with Gasteiger partial charge in [-0.2, -0.15) is 0 Å². The van der Waals surface area contributed by atoms with Crippen molar-refractivity contribution in [3.63, 3.8) is 0 Å². The van der Waals surface area contributed by atoms with Crippen molar-refractivity contribution in [2.24, 2.45) is 0 Å². The molecule has 5 nitrogen and oxygen atoms in total. The van der Waals surface area contributed by atoms with Gasteiger partial charge in [0.15, 0.2) is 9.84 Å². The van der Waals surface area contributed by atoms with E-state index in [2.05, 4.69) is 5.32 Å². The lowest BCUT2D eigenvalue weighted by molar-refractivity contribution is -0.131. The van der Waals surface area contributed by atoms with Gasteiger partial charge in [0.25, 0.3) is 0 Å². The summed E-state index contributed by atoms with van der Waals surface area (Å²) in [7, 11) is -2.89. The van der Waals surface area contributed by atoms with E-state index in [4.69, 9.17) is 0 Å². The molecular formula is C15H28N2O3S. The molecule has 2 heterocycles. The molecule has 0 saturated carbocycles. The zero-order valence-corrected chi connectivity index (χ0v) is 13.8. The molecule has 2 aliphatic heterocycles. The first kappa shape index (κ1) is 16.7. The second kappa shape index (κ2) is 7.58. The molecule has 0 aromatic rings. The van der Waals surface area contributed by atoms with E-state index < -0.39 is 9.84 Å². The first-order valence-corrected chi connectivity index (χ1v) is 9.93. The van der Waals surface area contributed by atoms with Gasteiger partial charge in [-0.05, 0) is 32.6 Å². The average molecular weight is 316 g/mol. The van der Waals surface area contributed by atoms with E-state index in [-0.39, 0.29) is 17.2 Å². The Morgan fingerprint density at radius 3 is 2.43 bits per heavy atom. The Kier molecular flexibility index (Phi) is 6.05. The van der Waals surface area contributed by atoms with Crippen LogP contribution in [0.2, 0.25) is 0 Å². The number of hydrogen-bond acceptors (Lipinski definition) is 4. The van der Waals surface area contributed by atoms with Gasteiger partial charge >= 0.3 is 0 Å². The van der Waals surface area contributed by atoms with Gasteiger partial charge in [0.05, 0.1) is 11.0 Å². The lowest BCUT2D eigenvalue weighted by atomic mass is 10.2. The summed E-state index contributed by atoms with van der Waals surface area (Å²) < 4.78 is 23.5. The number of hydrogen-bond donors (Lipinski definition) is 1. The highest BCUT2D eigenvalue weighted by Crippen LogP contribution is 2.19. The van der Waals surface area contributed by atoms with Crippen molar-refractivity contribution in [2.45, 2.75) is 63.2 Å². The molecule has 0 aromatic carbocycles. The quantitative estimate of drug-likeness (QED) is 0.831. The van der Waals surface area contributed by atoms with Gasteiger partial charge in [-0.15, -0.1) is 0 Å². The minimum Gasteiger partial charge on any atom is -0.343 e. The molecule has 1 amide bonds. The first-order valence-electron chi connectivity index (χ1n) is 8.22. The second-order valence-electron chi connectivity index (χ2n) is 6.44. The summed E-state index contributed by atoms with van der Waals surface area (Å²) >= 11 is 0. The van der Waals surface area contributed by atoms with Crippen LogP contribution in [0.1, 0.15) is 51.9 Å². The Balaban J connectivity index is 1.73. The highest BCUT2D eigenvalue weighted by molar-refractivity contribution is 7.92. The molecule has 0 spiro atoms. The summed E-state index contributed by atoms with van der Waals surface area (Å²) in [6.45, 7) is 4.21. The summed E-state index contributed by atoms with van der Waals surface area (Å²) in [5.74, 6) is 0.520. The summed E-state index contributed by atoms with van der Waals surface area (Å²) in [6, 6.07) is 0.0385. The smallest absolute Gasteiger partial charge is 0.224 e. The van der Waals surface area contributed by atoms with Crippen LogP contribution in [-0.4, -0.2) is 55.9 Å². The van der Waals surface area contributed by atoms with E-state index in [1.54, 1.807) is 0 Å². The zero-order valence-electron chi connectivity index (χ0n) is 13.0. The minimum atomic E-state index is -2.89. The molecule has 2 aliphatic rings. The summed E-state index contributed by atoms with van der Waals surface area (Å²) in [5.41, 5.74) is 0. The van der Waals surface area contributed by atoms with Crippen LogP contribution in [0, 0.1) is 0 Å². The van der Waals surface area contributed by atoms with Crippen LogP contribution in [0.4, 0.5) is 0 Å². The number of carbonyl (C=O) groups is 1. The third-order valence-electron chi connectivity index (χ3n) is 4.60. The third kappa shape index (κ3) is 4.95. The van der Waals surface area contributed by atoms with Crippen LogP contribution in [0.15, 0.2) is 0 Å². The van der Waals surface area contributed by atoms with Crippen molar-refractivity contribution in [3.05, 3.63) is 0 Å². The fraction of sp³-hybridized carbons (Fsp3) is 0.933. The van der Waals surface area contributed by atoms with E-state index in [0.29, 0.717) is 18.7 Å². The third-order valence-corrected chi connectivity index (χ3v) is 6.87. The lowest BCUT2D eigenvalue weighted by Crippen LogP contribution is -2.40. The fourth-order valence-electron chi connectivity index (χ4n) is 3.20. The predicted molar refractivity (Wildman–Crippen MR) is 83.9 cm³/mol. The molecule has 122 valence electrons. The Hall–Kier alpha value is -0.620. The maximum Gasteiger partial charge on any atom is 0.224 e. The Labute approximate surface area is 128 Å². The monoisotopic (exact) mass is 316 g/mol. The second-order valence-corrected chi connectivity index (χ2v) is 8.84. The maximum absolute atomic E-state index is 12.3. The average Bonchev–Trinajstić information content (AvgIpc) is 2.66. The number of nitrogens with one attached hydrogen (secondary N) is 1. The number of sulfone groups is 1. The van der Waals surface area contributed by atoms with Crippen molar-refractivity contribution in [1.82, 2.24) is 10.2 Å². The van der Waals surface area contributed by atoms with Crippen LogP contribution >= 0.6 is 0 Å². The maximum atomic E-state index is 12.3. The number of nitrogens with zero attached hydrogens (tertiary/aromatic N) is 1. The van der Waals surface area contributed by atoms with E-state index in [9.17, 15) is 13.2 Å². The number of amides is 1. The van der Waals surface area contributed by atoms with Crippen molar-refractivity contribution in [1.29, 1.82) is 0 Å². The largest absolute Gasteiger partial charge is 0.343 e. The molecule has 0 radical (unpaired) electrons. The van der Waals surface area contributed by atoms with Crippen molar-refractivity contribution in [2.75, 3.05) is 25.4 Å². The van der Waals surface area contributed by atoms with Gasteiger partial charge in [-0.3, -0.25) is 4.79 Å². The fourth-order valence-corrected chi connectivity index (χ4v) is 4.98. The number of carbonyl (C=O) groups excluding carboxylic acids is 1. The Morgan fingerprint density at radius 2 is 1.86 bits per heavy atom. The first-order chi connectivity index (χ1) is 9.99. The summed E-state index contributed by atoms with van der Waals surface area (Å²) in [4.78, 5) is 14.2.